The third kappa shape index (κ3) is 4.44. The van der Waals surface area contributed by atoms with Gasteiger partial charge >= 0.3 is 0 Å². The van der Waals surface area contributed by atoms with Crippen molar-refractivity contribution in [3.8, 4) is 5.75 Å². The number of hydrogen-bond acceptors (Lipinski definition) is 1. The lowest BCUT2D eigenvalue weighted by Gasteiger charge is -2.29. The van der Waals surface area contributed by atoms with Crippen LogP contribution >= 0.6 is 18.9 Å². The van der Waals surface area contributed by atoms with Crippen LogP contribution in [0.5, 0.6) is 5.75 Å². The molecule has 4 aromatic carbocycles. The lowest BCUT2D eigenvalue weighted by molar-refractivity contribution is -0.00000640. The number of ether oxygens (including phenoxy) is 1. The van der Waals surface area contributed by atoms with E-state index in [2.05, 4.69) is 104 Å². The number of rotatable bonds is 6. The zero-order valence-corrected chi connectivity index (χ0v) is 21.0. The molecule has 0 aliphatic rings. The fourth-order valence-electron chi connectivity index (χ4n) is 4.31. The highest BCUT2D eigenvalue weighted by molar-refractivity contribution is 7.95. The van der Waals surface area contributed by atoms with Crippen LogP contribution in [-0.4, -0.2) is 7.11 Å². The summed E-state index contributed by atoms with van der Waals surface area (Å²) in [5, 5.41) is 4.88. The van der Waals surface area contributed by atoms with Crippen LogP contribution in [0.3, 0.4) is 0 Å². The van der Waals surface area contributed by atoms with E-state index in [1.54, 1.807) is 7.11 Å². The summed E-state index contributed by atoms with van der Waals surface area (Å²) < 4.78 is 5.57. The Kier molecular flexibility index (Phi) is 8.01. The van der Waals surface area contributed by atoms with Crippen molar-refractivity contribution in [3.05, 3.63) is 119 Å². The zero-order valence-electron chi connectivity index (χ0n) is 18.6. The van der Waals surface area contributed by atoms with E-state index in [1.807, 2.05) is 6.92 Å². The van der Waals surface area contributed by atoms with E-state index in [0.29, 0.717) is 0 Å². The predicted molar refractivity (Wildman–Crippen MR) is 136 cm³/mol. The number of benzene rings is 4. The third-order valence-electron chi connectivity index (χ3n) is 5.99. The average Bonchev–Trinajstić information content (AvgIpc) is 2.83. The summed E-state index contributed by atoms with van der Waals surface area (Å²) in [4.78, 5) is 0. The molecule has 0 amide bonds. The van der Waals surface area contributed by atoms with Crippen molar-refractivity contribution in [1.82, 2.24) is 0 Å². The second-order valence-corrected chi connectivity index (χ2v) is 11.7. The predicted octanol–water partition coefficient (Wildman–Crippen LogP) is 3.46. The Balaban J connectivity index is 0.00000289. The summed E-state index contributed by atoms with van der Waals surface area (Å²) in [5.74, 6) is 0.842. The SMILES string of the molecule is COc1cc(C)c(C[P+](c2ccccc2)(c2ccccc2)c2ccccc2)c(Cl)c1C.[Cl-]. The van der Waals surface area contributed by atoms with Gasteiger partial charge in [-0.15, -0.1) is 0 Å². The average molecular weight is 481 g/mol. The van der Waals surface area contributed by atoms with Crippen molar-refractivity contribution in [1.29, 1.82) is 0 Å². The van der Waals surface area contributed by atoms with E-state index in [4.69, 9.17) is 16.3 Å². The fraction of sp³-hybridized carbons (Fsp3) is 0.143. The van der Waals surface area contributed by atoms with Gasteiger partial charge in [-0.25, -0.2) is 0 Å². The highest BCUT2D eigenvalue weighted by atomic mass is 35.5. The molecule has 0 saturated carbocycles. The Morgan fingerprint density at radius 1 is 0.719 bits per heavy atom. The molecular formula is C28H27Cl2OP. The molecule has 4 heteroatoms. The molecule has 32 heavy (non-hydrogen) atoms. The molecule has 4 rings (SSSR count). The second-order valence-electron chi connectivity index (χ2n) is 7.79. The van der Waals surface area contributed by atoms with E-state index in [9.17, 15) is 0 Å². The fourth-order valence-corrected chi connectivity index (χ4v) is 9.08. The lowest BCUT2D eigenvalue weighted by atomic mass is 10.1. The van der Waals surface area contributed by atoms with Crippen LogP contribution in [0.4, 0.5) is 0 Å². The number of halogens is 2. The maximum atomic E-state index is 6.99. The largest absolute Gasteiger partial charge is 1.00 e. The Hall–Kier alpha value is -2.31. The van der Waals surface area contributed by atoms with Gasteiger partial charge < -0.3 is 17.1 Å². The Labute approximate surface area is 203 Å². The van der Waals surface area contributed by atoms with E-state index in [-0.39, 0.29) is 12.4 Å². The molecular weight excluding hydrogens is 454 g/mol. The van der Waals surface area contributed by atoms with Crippen molar-refractivity contribution in [2.45, 2.75) is 20.0 Å². The van der Waals surface area contributed by atoms with Crippen LogP contribution in [0, 0.1) is 13.8 Å². The van der Waals surface area contributed by atoms with Crippen molar-refractivity contribution >= 4 is 34.8 Å². The summed E-state index contributed by atoms with van der Waals surface area (Å²) in [7, 11) is -0.296. The molecule has 0 aliphatic heterocycles. The molecule has 0 radical (unpaired) electrons. The van der Waals surface area contributed by atoms with Crippen LogP contribution < -0.4 is 33.1 Å². The smallest absolute Gasteiger partial charge is 0.123 e. The summed E-state index contributed by atoms with van der Waals surface area (Å²) >= 11 is 6.99. The second kappa shape index (κ2) is 10.5. The maximum absolute atomic E-state index is 6.99. The first-order chi connectivity index (χ1) is 15.1. The van der Waals surface area contributed by atoms with E-state index >= 15 is 0 Å². The first kappa shape index (κ1) is 24.3. The highest BCUT2D eigenvalue weighted by Gasteiger charge is 2.46. The van der Waals surface area contributed by atoms with Gasteiger partial charge in [-0.05, 0) is 61.9 Å². The van der Waals surface area contributed by atoms with Crippen molar-refractivity contribution < 1.29 is 17.1 Å². The summed E-state index contributed by atoms with van der Waals surface area (Å²) in [6, 6.07) is 34.9. The van der Waals surface area contributed by atoms with E-state index in [0.717, 1.165) is 22.5 Å². The van der Waals surface area contributed by atoms with Crippen molar-refractivity contribution in [2.75, 3.05) is 7.11 Å². The molecule has 0 N–H and O–H groups in total. The molecule has 0 bridgehead atoms. The van der Waals surface area contributed by atoms with Gasteiger partial charge in [0.05, 0.1) is 12.1 Å². The number of aryl methyl sites for hydroxylation is 1. The van der Waals surface area contributed by atoms with Gasteiger partial charge in [0.1, 0.15) is 35.1 Å². The Morgan fingerprint density at radius 3 is 1.50 bits per heavy atom. The molecule has 4 aromatic rings. The van der Waals surface area contributed by atoms with Gasteiger partial charge in [0.25, 0.3) is 0 Å². The van der Waals surface area contributed by atoms with Crippen LogP contribution in [0.15, 0.2) is 97.1 Å². The molecule has 0 aromatic heterocycles. The molecule has 0 atom stereocenters. The van der Waals surface area contributed by atoms with Gasteiger partial charge in [-0.3, -0.25) is 0 Å². The Bertz CT molecular complexity index is 1070. The van der Waals surface area contributed by atoms with Gasteiger partial charge in [0.15, 0.2) is 0 Å². The minimum absolute atomic E-state index is 0. The van der Waals surface area contributed by atoms with Crippen molar-refractivity contribution in [2.24, 2.45) is 0 Å². The molecule has 0 aliphatic carbocycles. The maximum Gasteiger partial charge on any atom is 0.123 e. The molecule has 0 saturated heterocycles. The quantitative estimate of drug-likeness (QED) is 0.384. The summed E-state index contributed by atoms with van der Waals surface area (Å²) in [6.45, 7) is 4.18. The summed E-state index contributed by atoms with van der Waals surface area (Å²) in [6.07, 6.45) is 0.862. The summed E-state index contributed by atoms with van der Waals surface area (Å²) in [5.41, 5.74) is 3.36. The number of methoxy groups -OCH3 is 1. The highest BCUT2D eigenvalue weighted by Crippen LogP contribution is 2.59. The molecule has 0 spiro atoms. The van der Waals surface area contributed by atoms with Crippen LogP contribution in [0.1, 0.15) is 16.7 Å². The topological polar surface area (TPSA) is 9.23 Å². The van der Waals surface area contributed by atoms with Gasteiger partial charge in [0, 0.05) is 11.1 Å². The first-order valence-electron chi connectivity index (χ1n) is 10.5. The van der Waals surface area contributed by atoms with Gasteiger partial charge in [-0.1, -0.05) is 66.2 Å². The van der Waals surface area contributed by atoms with E-state index in [1.165, 1.54) is 27.0 Å². The van der Waals surface area contributed by atoms with E-state index < -0.39 is 7.26 Å². The standard InChI is InChI=1S/C28H27ClOP.ClH/c1-21-19-27(30-3)22(2)28(29)26(21)20-31(23-13-7-4-8-14-23,24-15-9-5-10-16-24)25-17-11-6-12-18-25;/h4-19H,20H2,1-3H3;1H/q+1;/p-1. The minimum atomic E-state index is -2.00. The lowest BCUT2D eigenvalue weighted by Crippen LogP contribution is -3.00. The minimum Gasteiger partial charge on any atom is -1.00 e. The molecule has 0 unspecified atom stereocenters. The molecule has 0 heterocycles. The Morgan fingerprint density at radius 2 is 1.12 bits per heavy atom. The molecule has 1 nitrogen and oxygen atoms in total. The molecule has 164 valence electrons. The van der Waals surface area contributed by atoms with Gasteiger partial charge in [-0.2, -0.15) is 0 Å². The van der Waals surface area contributed by atoms with Crippen LogP contribution in [0.25, 0.3) is 0 Å². The molecule has 0 fully saturated rings. The first-order valence-corrected chi connectivity index (χ1v) is 12.8. The third-order valence-corrected chi connectivity index (χ3v) is 10.8. The van der Waals surface area contributed by atoms with Crippen molar-refractivity contribution in [3.63, 3.8) is 0 Å². The normalized spacial score (nSPS) is 11.0. The van der Waals surface area contributed by atoms with Gasteiger partial charge in [0.2, 0.25) is 0 Å². The van der Waals surface area contributed by atoms with Crippen LogP contribution in [-0.2, 0) is 6.16 Å². The zero-order chi connectivity index (χ0) is 21.8. The monoisotopic (exact) mass is 480 g/mol. The number of hydrogen-bond donors (Lipinski definition) is 0. The van der Waals surface area contributed by atoms with Crippen LogP contribution in [0.2, 0.25) is 5.02 Å².